The van der Waals surface area contributed by atoms with Gasteiger partial charge in [0.2, 0.25) is 0 Å². The molecule has 0 saturated carbocycles. The van der Waals surface area contributed by atoms with E-state index in [1.165, 1.54) is 6.07 Å². The van der Waals surface area contributed by atoms with Gasteiger partial charge < -0.3 is 25.2 Å². The average molecular weight is 293 g/mol. The van der Waals surface area contributed by atoms with Gasteiger partial charge in [-0.1, -0.05) is 6.07 Å². The van der Waals surface area contributed by atoms with Gasteiger partial charge in [0.15, 0.2) is 5.69 Å². The largest absolute Gasteiger partial charge is 0.506 e. The molecule has 114 valence electrons. The second-order valence-electron chi connectivity index (χ2n) is 5.19. The highest BCUT2D eigenvalue weighted by Gasteiger charge is 2.28. The molecule has 2 atom stereocenters. The first-order chi connectivity index (χ1) is 10.3. The zero-order valence-electron chi connectivity index (χ0n) is 11.7. The van der Waals surface area contributed by atoms with Gasteiger partial charge in [0, 0.05) is 18.7 Å². The van der Waals surface area contributed by atoms with Gasteiger partial charge in [0.25, 0.3) is 0 Å². The summed E-state index contributed by atoms with van der Waals surface area (Å²) in [6.45, 7) is 3.75. The van der Waals surface area contributed by atoms with E-state index >= 15 is 0 Å². The molecule has 0 spiro atoms. The molecule has 7 nitrogen and oxygen atoms in total. The lowest BCUT2D eigenvalue weighted by Crippen LogP contribution is -2.38. The van der Waals surface area contributed by atoms with Crippen LogP contribution < -0.4 is 10.6 Å². The Morgan fingerprint density at radius 2 is 1.76 bits per heavy atom. The summed E-state index contributed by atoms with van der Waals surface area (Å²) in [5.41, 5.74) is 1.71. The second kappa shape index (κ2) is 6.48. The summed E-state index contributed by atoms with van der Waals surface area (Å²) in [6, 6.07) is 3.16. The summed E-state index contributed by atoms with van der Waals surface area (Å²) >= 11 is 0. The van der Waals surface area contributed by atoms with Crippen molar-refractivity contribution in [1.29, 1.82) is 0 Å². The van der Waals surface area contributed by atoms with Crippen molar-refractivity contribution >= 4 is 5.69 Å². The second-order valence-corrected chi connectivity index (χ2v) is 5.19. The molecule has 0 aliphatic carbocycles. The topological polar surface area (TPSA) is 92.2 Å². The first-order valence-electron chi connectivity index (χ1n) is 7.12. The molecule has 2 saturated heterocycles. The van der Waals surface area contributed by atoms with Gasteiger partial charge in [0.05, 0.1) is 38.5 Å². The minimum absolute atomic E-state index is 0.0152. The Morgan fingerprint density at radius 3 is 2.33 bits per heavy atom. The maximum absolute atomic E-state index is 11.2. The van der Waals surface area contributed by atoms with Crippen LogP contribution in [0, 0.1) is 4.91 Å². The maximum Gasteiger partial charge on any atom is 0.154 e. The fourth-order valence-corrected chi connectivity index (χ4v) is 2.89. The lowest BCUT2D eigenvalue weighted by Gasteiger charge is -2.31. The number of rotatable bonds is 3. The molecule has 1 aromatic carbocycles. The molecule has 2 fully saturated rings. The van der Waals surface area contributed by atoms with E-state index in [0.29, 0.717) is 38.5 Å². The molecule has 1 aromatic rings. The highest BCUT2D eigenvalue weighted by molar-refractivity contribution is 5.62. The van der Waals surface area contributed by atoms with E-state index in [4.69, 9.17) is 9.47 Å². The summed E-state index contributed by atoms with van der Waals surface area (Å²) in [5.74, 6) is -0.104. The van der Waals surface area contributed by atoms with Gasteiger partial charge >= 0.3 is 0 Å². The Hall–Kier alpha value is -1.54. The normalized spacial score (nSPS) is 26.5. The van der Waals surface area contributed by atoms with Crippen LogP contribution in [0.1, 0.15) is 23.2 Å². The minimum Gasteiger partial charge on any atom is -0.506 e. The number of hydrogen-bond acceptors (Lipinski definition) is 7. The van der Waals surface area contributed by atoms with Crippen LogP contribution >= 0.6 is 0 Å². The first-order valence-corrected chi connectivity index (χ1v) is 7.12. The van der Waals surface area contributed by atoms with Crippen LogP contribution in [-0.2, 0) is 9.47 Å². The number of phenolic OH excluding ortho intramolecular Hbond substituents is 1. The van der Waals surface area contributed by atoms with Gasteiger partial charge in [-0.15, -0.1) is 4.91 Å². The van der Waals surface area contributed by atoms with Crippen molar-refractivity contribution in [2.24, 2.45) is 5.18 Å². The van der Waals surface area contributed by atoms with Gasteiger partial charge in [-0.2, -0.15) is 0 Å². The van der Waals surface area contributed by atoms with Crippen LogP contribution in [-0.4, -0.2) is 44.6 Å². The zero-order chi connectivity index (χ0) is 14.7. The van der Waals surface area contributed by atoms with Crippen molar-refractivity contribution in [3.8, 4) is 5.75 Å². The third kappa shape index (κ3) is 2.91. The monoisotopic (exact) mass is 293 g/mol. The minimum atomic E-state index is -0.155. The molecule has 7 heteroatoms. The van der Waals surface area contributed by atoms with Crippen LogP contribution in [0.25, 0.3) is 0 Å². The lowest BCUT2D eigenvalue weighted by atomic mass is 9.92. The summed E-state index contributed by atoms with van der Waals surface area (Å²) in [7, 11) is 0. The van der Waals surface area contributed by atoms with Crippen LogP contribution in [0.3, 0.4) is 0 Å². The molecule has 21 heavy (non-hydrogen) atoms. The SMILES string of the molecule is O=Nc1c(O)ccc(C2COCCN2)c1C1COCCN1. The Bertz CT molecular complexity index is 511. The summed E-state index contributed by atoms with van der Waals surface area (Å²) in [4.78, 5) is 11.2. The van der Waals surface area contributed by atoms with E-state index < -0.39 is 0 Å². The van der Waals surface area contributed by atoms with Crippen molar-refractivity contribution < 1.29 is 14.6 Å². The molecule has 0 bridgehead atoms. The van der Waals surface area contributed by atoms with Crippen LogP contribution in [0.4, 0.5) is 5.69 Å². The fourth-order valence-electron chi connectivity index (χ4n) is 2.89. The first kappa shape index (κ1) is 14.4. The van der Waals surface area contributed by atoms with E-state index in [1.807, 2.05) is 6.07 Å². The molecule has 0 radical (unpaired) electrons. The van der Waals surface area contributed by atoms with Gasteiger partial charge in [0.1, 0.15) is 5.75 Å². The van der Waals surface area contributed by atoms with E-state index in [0.717, 1.165) is 12.1 Å². The lowest BCUT2D eigenvalue weighted by molar-refractivity contribution is 0.0698. The van der Waals surface area contributed by atoms with Crippen molar-refractivity contribution in [3.63, 3.8) is 0 Å². The fraction of sp³-hybridized carbons (Fsp3) is 0.571. The number of hydrogen-bond donors (Lipinski definition) is 3. The number of morpholine rings is 2. The Balaban J connectivity index is 2.02. The number of benzene rings is 1. The molecular weight excluding hydrogens is 274 g/mol. The Kier molecular flexibility index (Phi) is 4.45. The Labute approximate surface area is 122 Å². The number of nitrogens with zero attached hydrogens (tertiary/aromatic N) is 1. The Morgan fingerprint density at radius 1 is 1.10 bits per heavy atom. The predicted octanol–water partition coefficient (Wildman–Crippen LogP) is 1.11. The van der Waals surface area contributed by atoms with Crippen molar-refractivity contribution in [2.75, 3.05) is 39.5 Å². The number of nitroso groups, excluding NO2 is 1. The summed E-state index contributed by atoms with van der Waals surface area (Å²) in [5, 5.41) is 19.6. The number of nitrogens with one attached hydrogen (secondary N) is 2. The van der Waals surface area contributed by atoms with Crippen molar-refractivity contribution in [2.45, 2.75) is 12.1 Å². The van der Waals surface area contributed by atoms with Crippen molar-refractivity contribution in [3.05, 3.63) is 28.2 Å². The zero-order valence-corrected chi connectivity index (χ0v) is 11.7. The molecule has 2 unspecified atom stereocenters. The number of phenols is 1. The molecule has 2 aliphatic heterocycles. The third-order valence-corrected chi connectivity index (χ3v) is 3.89. The van der Waals surface area contributed by atoms with Gasteiger partial charge in [-0.3, -0.25) is 0 Å². The average Bonchev–Trinajstić information content (AvgIpc) is 2.56. The smallest absolute Gasteiger partial charge is 0.154 e. The van der Waals surface area contributed by atoms with E-state index in [-0.39, 0.29) is 23.5 Å². The molecule has 3 N–H and O–H groups in total. The van der Waals surface area contributed by atoms with E-state index in [2.05, 4.69) is 15.8 Å². The molecular formula is C14H19N3O4. The van der Waals surface area contributed by atoms with Crippen molar-refractivity contribution in [1.82, 2.24) is 10.6 Å². The quantitative estimate of drug-likeness (QED) is 0.723. The maximum atomic E-state index is 11.2. The van der Waals surface area contributed by atoms with E-state index in [1.54, 1.807) is 0 Å². The standard InChI is InChI=1S/C14H19N3O4/c18-12-2-1-9(10-7-20-5-3-15-10)13(14(12)17-19)11-8-21-6-4-16-11/h1-2,10-11,15-16,18H,3-8H2. The molecule has 0 amide bonds. The predicted molar refractivity (Wildman–Crippen MR) is 76.7 cm³/mol. The highest BCUT2D eigenvalue weighted by Crippen LogP contribution is 2.40. The number of ether oxygens (including phenoxy) is 2. The van der Waals surface area contributed by atoms with E-state index in [9.17, 15) is 10.0 Å². The van der Waals surface area contributed by atoms with Crippen LogP contribution in [0.15, 0.2) is 17.3 Å². The summed E-state index contributed by atoms with van der Waals surface area (Å²) < 4.78 is 11.0. The summed E-state index contributed by atoms with van der Waals surface area (Å²) in [6.07, 6.45) is 0. The van der Waals surface area contributed by atoms with Gasteiger partial charge in [-0.05, 0) is 16.8 Å². The molecule has 2 aliphatic rings. The van der Waals surface area contributed by atoms with Crippen LogP contribution in [0.5, 0.6) is 5.75 Å². The number of aromatic hydroxyl groups is 1. The highest BCUT2D eigenvalue weighted by atomic mass is 16.5. The molecule has 0 aromatic heterocycles. The third-order valence-electron chi connectivity index (χ3n) is 3.89. The molecule has 2 heterocycles. The van der Waals surface area contributed by atoms with Crippen LogP contribution in [0.2, 0.25) is 0 Å². The molecule has 3 rings (SSSR count). The van der Waals surface area contributed by atoms with Gasteiger partial charge in [-0.25, -0.2) is 0 Å².